The second-order valence-electron chi connectivity index (χ2n) is 6.21. The molecule has 0 spiro atoms. The number of aromatic amines is 1. The summed E-state index contributed by atoms with van der Waals surface area (Å²) in [5, 5.41) is 7.95. The van der Waals surface area contributed by atoms with Crippen LogP contribution in [0.4, 0.5) is 4.39 Å². The summed E-state index contributed by atoms with van der Waals surface area (Å²) >= 11 is 0. The number of fused-ring (bicyclic) bond motifs is 2. The molecule has 0 aliphatic heterocycles. The topological polar surface area (TPSA) is 37.9 Å². The molecule has 0 amide bonds. The highest BCUT2D eigenvalue weighted by Crippen LogP contribution is 2.56. The first-order valence-electron chi connectivity index (χ1n) is 7.47. The van der Waals surface area contributed by atoms with Gasteiger partial charge in [0, 0.05) is 5.69 Å². The summed E-state index contributed by atoms with van der Waals surface area (Å²) in [5.41, 5.74) is 1.41. The van der Waals surface area contributed by atoms with Crippen molar-refractivity contribution in [3.05, 3.63) is 23.6 Å². The second-order valence-corrected chi connectivity index (χ2v) is 6.21. The summed E-state index contributed by atoms with van der Waals surface area (Å²) in [6.45, 7) is 0. The smallest absolute Gasteiger partial charge is 0.151 e. The molecule has 3 nitrogen and oxygen atoms in total. The number of nitrogens with zero attached hydrogens (tertiary/aromatic N) is 1. The molecule has 2 aromatic rings. The molecular formula is C16H19FN2O. The van der Waals surface area contributed by atoms with Crippen LogP contribution in [0, 0.1) is 23.6 Å². The molecule has 2 saturated carbocycles. The van der Waals surface area contributed by atoms with Gasteiger partial charge >= 0.3 is 0 Å². The lowest BCUT2D eigenvalue weighted by Crippen LogP contribution is -2.01. The molecule has 4 heteroatoms. The number of hydrogen-bond acceptors (Lipinski definition) is 2. The normalized spacial score (nSPS) is 27.8. The van der Waals surface area contributed by atoms with Crippen molar-refractivity contribution in [3.63, 3.8) is 0 Å². The van der Waals surface area contributed by atoms with E-state index in [0.717, 1.165) is 35.3 Å². The summed E-state index contributed by atoms with van der Waals surface area (Å²) in [7, 11) is 1.62. The number of nitrogens with one attached hydrogen (secondary N) is 1. The van der Waals surface area contributed by atoms with E-state index in [4.69, 9.17) is 4.74 Å². The zero-order valence-corrected chi connectivity index (χ0v) is 11.7. The van der Waals surface area contributed by atoms with E-state index in [9.17, 15) is 4.39 Å². The third-order valence-electron chi connectivity index (χ3n) is 5.17. The predicted molar refractivity (Wildman–Crippen MR) is 75.2 cm³/mol. The van der Waals surface area contributed by atoms with Crippen LogP contribution in [-0.4, -0.2) is 17.3 Å². The van der Waals surface area contributed by atoms with Crippen molar-refractivity contribution >= 4 is 10.9 Å². The van der Waals surface area contributed by atoms with Crippen molar-refractivity contribution < 1.29 is 9.13 Å². The van der Waals surface area contributed by atoms with Gasteiger partial charge in [0.1, 0.15) is 11.3 Å². The summed E-state index contributed by atoms with van der Waals surface area (Å²) < 4.78 is 19.1. The largest absolute Gasteiger partial charge is 0.496 e. The number of benzene rings is 1. The van der Waals surface area contributed by atoms with E-state index >= 15 is 0 Å². The molecule has 1 aromatic heterocycles. The maximum Gasteiger partial charge on any atom is 0.151 e. The van der Waals surface area contributed by atoms with Gasteiger partial charge in [-0.05, 0) is 62.0 Å². The van der Waals surface area contributed by atoms with E-state index in [2.05, 4.69) is 10.2 Å². The molecule has 2 aliphatic carbocycles. The van der Waals surface area contributed by atoms with Crippen LogP contribution in [0.15, 0.2) is 12.1 Å². The molecule has 4 rings (SSSR count). The molecular weight excluding hydrogens is 255 g/mol. The molecule has 1 N–H and O–H groups in total. The van der Waals surface area contributed by atoms with Gasteiger partial charge in [-0.25, -0.2) is 4.39 Å². The van der Waals surface area contributed by atoms with Crippen LogP contribution in [0.2, 0.25) is 0 Å². The zero-order chi connectivity index (χ0) is 13.7. The zero-order valence-electron chi connectivity index (χ0n) is 11.7. The number of halogens is 1. The first kappa shape index (κ1) is 12.2. The SMILES string of the molecule is COc1ccc(F)c2n[nH]c(CCC3CCC4CC34)c12. The lowest BCUT2D eigenvalue weighted by Gasteiger charge is -2.11. The monoisotopic (exact) mass is 274 g/mol. The molecule has 1 aromatic carbocycles. The summed E-state index contributed by atoms with van der Waals surface area (Å²) in [4.78, 5) is 0. The predicted octanol–water partition coefficient (Wildman–Crippen LogP) is 3.69. The van der Waals surface area contributed by atoms with Crippen LogP contribution >= 0.6 is 0 Å². The molecule has 20 heavy (non-hydrogen) atoms. The van der Waals surface area contributed by atoms with Crippen LogP contribution in [0.25, 0.3) is 10.9 Å². The number of methoxy groups -OCH3 is 1. The lowest BCUT2D eigenvalue weighted by molar-refractivity contribution is 0.418. The van der Waals surface area contributed by atoms with Crippen molar-refractivity contribution in [3.8, 4) is 5.75 Å². The Balaban J connectivity index is 1.60. The standard InChI is InChI=1S/C16H19FN2O/c1-20-14-7-5-12(17)16-15(14)13(18-19-16)6-4-9-2-3-10-8-11(9)10/h5,7,9-11H,2-4,6,8H2,1H3,(H,18,19). The summed E-state index contributed by atoms with van der Waals surface area (Å²) in [5.74, 6) is 3.28. The Morgan fingerprint density at radius 2 is 2.30 bits per heavy atom. The van der Waals surface area contributed by atoms with E-state index in [1.165, 1.54) is 31.7 Å². The maximum absolute atomic E-state index is 13.8. The van der Waals surface area contributed by atoms with E-state index < -0.39 is 0 Å². The number of H-pyrrole nitrogens is 1. The molecule has 0 saturated heterocycles. The quantitative estimate of drug-likeness (QED) is 0.923. The Kier molecular flexibility index (Phi) is 2.72. The van der Waals surface area contributed by atoms with E-state index in [-0.39, 0.29) is 5.82 Å². The van der Waals surface area contributed by atoms with Gasteiger partial charge in [0.15, 0.2) is 5.82 Å². The van der Waals surface area contributed by atoms with Crippen molar-refractivity contribution in [2.24, 2.45) is 17.8 Å². The van der Waals surface area contributed by atoms with Crippen molar-refractivity contribution in [2.75, 3.05) is 7.11 Å². The lowest BCUT2D eigenvalue weighted by atomic mass is 9.96. The number of aryl methyl sites for hydroxylation is 1. The van der Waals surface area contributed by atoms with Crippen LogP contribution in [0.5, 0.6) is 5.75 Å². The average Bonchev–Trinajstić information content (AvgIpc) is 2.93. The summed E-state index contributed by atoms with van der Waals surface area (Å²) in [6.07, 6.45) is 6.33. The summed E-state index contributed by atoms with van der Waals surface area (Å²) in [6, 6.07) is 3.10. The van der Waals surface area contributed by atoms with E-state index in [1.807, 2.05) is 0 Å². The van der Waals surface area contributed by atoms with Gasteiger partial charge in [0.05, 0.1) is 12.5 Å². The minimum absolute atomic E-state index is 0.286. The highest BCUT2D eigenvalue weighted by atomic mass is 19.1. The second kappa shape index (κ2) is 4.47. The number of hydrogen-bond donors (Lipinski definition) is 1. The highest BCUT2D eigenvalue weighted by Gasteiger charge is 2.47. The van der Waals surface area contributed by atoms with E-state index in [1.54, 1.807) is 13.2 Å². The third-order valence-corrected chi connectivity index (χ3v) is 5.17. The minimum Gasteiger partial charge on any atom is -0.496 e. The molecule has 2 fully saturated rings. The van der Waals surface area contributed by atoms with Gasteiger partial charge in [-0.3, -0.25) is 5.10 Å². The molecule has 2 aliphatic rings. The Morgan fingerprint density at radius 3 is 3.00 bits per heavy atom. The van der Waals surface area contributed by atoms with Gasteiger partial charge < -0.3 is 4.74 Å². The van der Waals surface area contributed by atoms with Crippen molar-refractivity contribution in [1.29, 1.82) is 0 Å². The first-order valence-corrected chi connectivity index (χ1v) is 7.47. The van der Waals surface area contributed by atoms with Crippen LogP contribution in [0.1, 0.15) is 31.4 Å². The molecule has 3 atom stereocenters. The average molecular weight is 274 g/mol. The molecule has 106 valence electrons. The van der Waals surface area contributed by atoms with Crippen molar-refractivity contribution in [2.45, 2.75) is 32.1 Å². The molecule has 0 radical (unpaired) electrons. The van der Waals surface area contributed by atoms with Gasteiger partial charge in [-0.1, -0.05) is 0 Å². The fourth-order valence-corrected chi connectivity index (χ4v) is 3.99. The number of rotatable bonds is 4. The van der Waals surface area contributed by atoms with Crippen molar-refractivity contribution in [1.82, 2.24) is 10.2 Å². The highest BCUT2D eigenvalue weighted by molar-refractivity contribution is 5.88. The number of ether oxygens (including phenoxy) is 1. The van der Waals surface area contributed by atoms with Gasteiger partial charge in [0.2, 0.25) is 0 Å². The minimum atomic E-state index is -0.286. The molecule has 0 bridgehead atoms. The number of aromatic nitrogens is 2. The Labute approximate surface area is 117 Å². The molecule has 1 heterocycles. The Morgan fingerprint density at radius 1 is 1.40 bits per heavy atom. The van der Waals surface area contributed by atoms with E-state index in [0.29, 0.717) is 11.3 Å². The fraction of sp³-hybridized carbons (Fsp3) is 0.562. The van der Waals surface area contributed by atoms with Gasteiger partial charge in [-0.15, -0.1) is 0 Å². The Hall–Kier alpha value is -1.58. The Bertz CT molecular complexity index is 651. The van der Waals surface area contributed by atoms with Crippen LogP contribution in [-0.2, 0) is 6.42 Å². The first-order chi connectivity index (χ1) is 9.78. The van der Waals surface area contributed by atoms with Gasteiger partial charge in [-0.2, -0.15) is 5.10 Å². The fourth-order valence-electron chi connectivity index (χ4n) is 3.99. The van der Waals surface area contributed by atoms with Crippen LogP contribution < -0.4 is 4.74 Å². The maximum atomic E-state index is 13.8. The van der Waals surface area contributed by atoms with Gasteiger partial charge in [0.25, 0.3) is 0 Å². The molecule has 3 unspecified atom stereocenters. The third kappa shape index (κ3) is 1.81. The van der Waals surface area contributed by atoms with Crippen LogP contribution in [0.3, 0.4) is 0 Å².